The maximum absolute atomic E-state index is 11.7. The average Bonchev–Trinajstić information content (AvgIpc) is 2.37. The van der Waals surface area contributed by atoms with Gasteiger partial charge in [-0.2, -0.15) is 0 Å². The summed E-state index contributed by atoms with van der Waals surface area (Å²) in [6.07, 6.45) is 1.07. The van der Waals surface area contributed by atoms with Crippen molar-refractivity contribution in [2.75, 3.05) is 6.61 Å². The molecule has 15 heavy (non-hydrogen) atoms. The lowest BCUT2D eigenvalue weighted by atomic mass is 10.1. The van der Waals surface area contributed by atoms with Crippen LogP contribution in [0.25, 0.3) is 0 Å². The lowest BCUT2D eigenvalue weighted by Gasteiger charge is -2.10. The summed E-state index contributed by atoms with van der Waals surface area (Å²) in [5.41, 5.74) is 0.312. The van der Waals surface area contributed by atoms with E-state index in [1.807, 2.05) is 0 Å². The van der Waals surface area contributed by atoms with E-state index in [4.69, 9.17) is 39.5 Å². The summed E-state index contributed by atoms with van der Waals surface area (Å²) in [6.45, 7) is 0.469. The molecule has 0 aromatic heterocycles. The van der Waals surface area contributed by atoms with Crippen molar-refractivity contribution in [1.29, 1.82) is 0 Å². The van der Waals surface area contributed by atoms with Gasteiger partial charge in [0.25, 0.3) is 0 Å². The van der Waals surface area contributed by atoms with Crippen LogP contribution in [0, 0.1) is 0 Å². The normalized spacial score (nSPS) is 15.5. The summed E-state index contributed by atoms with van der Waals surface area (Å²) in [5, 5.41) is 0.830. The molecule has 0 radical (unpaired) electrons. The number of Topliss-reactive ketones (excluding diaryl/α,β-unsaturated/α-hetero) is 1. The zero-order chi connectivity index (χ0) is 11.0. The Kier molecular flexibility index (Phi) is 3.10. The predicted octanol–water partition coefficient (Wildman–Crippen LogP) is 4.00. The molecule has 0 saturated heterocycles. The zero-order valence-electron chi connectivity index (χ0n) is 7.65. The largest absolute Gasteiger partial charge is 0.491 e. The number of benzene rings is 1. The molecule has 0 aliphatic carbocycles. The van der Waals surface area contributed by atoms with Crippen molar-refractivity contribution in [3.05, 3.63) is 26.7 Å². The van der Waals surface area contributed by atoms with Gasteiger partial charge in [0.15, 0.2) is 5.78 Å². The van der Waals surface area contributed by atoms with E-state index >= 15 is 0 Å². The van der Waals surface area contributed by atoms with Gasteiger partial charge in [0, 0.05) is 6.42 Å². The second-order valence-electron chi connectivity index (χ2n) is 3.23. The van der Waals surface area contributed by atoms with Gasteiger partial charge in [0.05, 0.1) is 27.2 Å². The van der Waals surface area contributed by atoms with Crippen LogP contribution in [0.4, 0.5) is 0 Å². The van der Waals surface area contributed by atoms with Crippen LogP contribution < -0.4 is 4.74 Å². The van der Waals surface area contributed by atoms with Gasteiger partial charge in [-0.25, -0.2) is 0 Å². The molecule has 2 nitrogen and oxygen atoms in total. The molecule has 80 valence electrons. The first kappa shape index (κ1) is 11.1. The molecule has 2 rings (SSSR count). The number of carbonyl (C=O) groups excluding carboxylic acids is 1. The number of ketones is 1. The van der Waals surface area contributed by atoms with Crippen LogP contribution in [0.15, 0.2) is 6.07 Å². The third kappa shape index (κ3) is 1.94. The minimum atomic E-state index is -0.0723. The smallest absolute Gasteiger partial charge is 0.168 e. The van der Waals surface area contributed by atoms with E-state index in [1.54, 1.807) is 0 Å². The van der Waals surface area contributed by atoms with Gasteiger partial charge < -0.3 is 4.74 Å². The van der Waals surface area contributed by atoms with Gasteiger partial charge >= 0.3 is 0 Å². The number of halogens is 3. The maximum atomic E-state index is 11.7. The molecule has 0 bridgehead atoms. The Labute approximate surface area is 102 Å². The van der Waals surface area contributed by atoms with Crippen LogP contribution in [-0.2, 0) is 0 Å². The molecule has 0 unspecified atom stereocenters. The Morgan fingerprint density at radius 1 is 1.20 bits per heavy atom. The monoisotopic (exact) mass is 264 g/mol. The highest BCUT2D eigenvalue weighted by Crippen LogP contribution is 2.41. The summed E-state index contributed by atoms with van der Waals surface area (Å²) < 4.78 is 5.39. The predicted molar refractivity (Wildman–Crippen MR) is 60.5 cm³/mol. The van der Waals surface area contributed by atoms with E-state index in [0.29, 0.717) is 35.8 Å². The molecule has 1 aromatic rings. The topological polar surface area (TPSA) is 26.3 Å². The van der Waals surface area contributed by atoms with Gasteiger partial charge in [-0.1, -0.05) is 34.8 Å². The lowest BCUT2D eigenvalue weighted by Crippen LogP contribution is -2.00. The van der Waals surface area contributed by atoms with Crippen molar-refractivity contribution in [1.82, 2.24) is 0 Å². The first-order valence-corrected chi connectivity index (χ1v) is 5.58. The fourth-order valence-electron chi connectivity index (χ4n) is 1.50. The van der Waals surface area contributed by atoms with Crippen molar-refractivity contribution in [2.45, 2.75) is 12.8 Å². The van der Waals surface area contributed by atoms with Gasteiger partial charge in [-0.3, -0.25) is 4.79 Å². The van der Waals surface area contributed by atoms with E-state index in [0.717, 1.165) is 0 Å². The molecule has 1 aromatic carbocycles. The lowest BCUT2D eigenvalue weighted by molar-refractivity contribution is 0.0983. The maximum Gasteiger partial charge on any atom is 0.168 e. The molecule has 1 aliphatic rings. The third-order valence-corrected chi connectivity index (χ3v) is 3.27. The van der Waals surface area contributed by atoms with E-state index in [1.165, 1.54) is 6.07 Å². The van der Waals surface area contributed by atoms with E-state index < -0.39 is 0 Å². The fourth-order valence-corrected chi connectivity index (χ4v) is 2.26. The highest BCUT2D eigenvalue weighted by Gasteiger charge is 2.24. The van der Waals surface area contributed by atoms with Crippen LogP contribution in [0.5, 0.6) is 5.75 Å². The second kappa shape index (κ2) is 4.20. The number of carbonyl (C=O) groups is 1. The van der Waals surface area contributed by atoms with Crippen LogP contribution >= 0.6 is 34.8 Å². The Hall–Kier alpha value is -0.440. The Balaban J connectivity index is 2.69. The molecular weight excluding hydrogens is 258 g/mol. The van der Waals surface area contributed by atoms with Crippen molar-refractivity contribution in [3.63, 3.8) is 0 Å². The highest BCUT2D eigenvalue weighted by molar-refractivity contribution is 6.46. The molecule has 0 spiro atoms. The van der Waals surface area contributed by atoms with Gasteiger partial charge in [0.1, 0.15) is 5.75 Å². The number of ether oxygens (including phenoxy) is 1. The van der Waals surface area contributed by atoms with Gasteiger partial charge in [0.2, 0.25) is 0 Å². The molecule has 1 heterocycles. The molecule has 5 heteroatoms. The standard InChI is InChI=1S/C10H7Cl3O2/c11-5-4-6(12)10-8(9(5)13)7(14)2-1-3-15-10/h4H,1-3H2. The Bertz CT molecular complexity index is 429. The third-order valence-electron chi connectivity index (χ3n) is 2.20. The number of hydrogen-bond acceptors (Lipinski definition) is 2. The van der Waals surface area contributed by atoms with Crippen LogP contribution in [0.1, 0.15) is 23.2 Å². The summed E-state index contributed by atoms with van der Waals surface area (Å²) >= 11 is 17.7. The summed E-state index contributed by atoms with van der Waals surface area (Å²) in [7, 11) is 0. The number of rotatable bonds is 0. The van der Waals surface area contributed by atoms with E-state index in [9.17, 15) is 4.79 Å². The number of hydrogen-bond donors (Lipinski definition) is 0. The quantitative estimate of drug-likeness (QED) is 0.663. The van der Waals surface area contributed by atoms with E-state index in [2.05, 4.69) is 0 Å². The molecular formula is C10H7Cl3O2. The Morgan fingerprint density at radius 3 is 2.67 bits per heavy atom. The van der Waals surface area contributed by atoms with Gasteiger partial charge in [-0.15, -0.1) is 0 Å². The highest BCUT2D eigenvalue weighted by atomic mass is 35.5. The SMILES string of the molecule is O=C1CCCOc2c(Cl)cc(Cl)c(Cl)c21. The van der Waals surface area contributed by atoms with Crippen LogP contribution in [0.2, 0.25) is 15.1 Å². The molecule has 0 amide bonds. The minimum Gasteiger partial charge on any atom is -0.491 e. The second-order valence-corrected chi connectivity index (χ2v) is 4.43. The molecule has 0 saturated carbocycles. The average molecular weight is 266 g/mol. The first-order chi connectivity index (χ1) is 7.11. The fraction of sp³-hybridized carbons (Fsp3) is 0.300. The van der Waals surface area contributed by atoms with Crippen molar-refractivity contribution < 1.29 is 9.53 Å². The molecule has 0 fully saturated rings. The Morgan fingerprint density at radius 2 is 1.93 bits per heavy atom. The molecule has 1 aliphatic heterocycles. The van der Waals surface area contributed by atoms with E-state index in [-0.39, 0.29) is 15.8 Å². The first-order valence-electron chi connectivity index (χ1n) is 4.44. The molecule has 0 atom stereocenters. The summed E-state index contributed by atoms with van der Waals surface area (Å²) in [4.78, 5) is 11.7. The summed E-state index contributed by atoms with van der Waals surface area (Å²) in [6, 6.07) is 1.49. The molecule has 0 N–H and O–H groups in total. The van der Waals surface area contributed by atoms with Crippen LogP contribution in [-0.4, -0.2) is 12.4 Å². The zero-order valence-corrected chi connectivity index (χ0v) is 9.92. The van der Waals surface area contributed by atoms with Crippen molar-refractivity contribution in [2.24, 2.45) is 0 Å². The minimum absolute atomic E-state index is 0.0723. The van der Waals surface area contributed by atoms with Crippen molar-refractivity contribution in [3.8, 4) is 5.75 Å². The number of fused-ring (bicyclic) bond motifs is 1. The van der Waals surface area contributed by atoms with Crippen molar-refractivity contribution >= 4 is 40.6 Å². The van der Waals surface area contributed by atoms with Gasteiger partial charge in [-0.05, 0) is 12.5 Å². The van der Waals surface area contributed by atoms with Crippen LogP contribution in [0.3, 0.4) is 0 Å². The summed E-state index contributed by atoms with van der Waals surface area (Å²) in [5.74, 6) is 0.283.